The number of amides is 1. The van der Waals surface area contributed by atoms with E-state index >= 15 is 0 Å². The molecule has 0 aromatic carbocycles. The summed E-state index contributed by atoms with van der Waals surface area (Å²) in [6.07, 6.45) is 8.58. The summed E-state index contributed by atoms with van der Waals surface area (Å²) in [4.78, 5) is 11.4. The molecule has 2 nitrogen and oxygen atoms in total. The average Bonchev–Trinajstić information content (AvgIpc) is 2.73. The van der Waals surface area contributed by atoms with Crippen LogP contribution in [0.4, 0.5) is 0 Å². The molecule has 0 saturated heterocycles. The van der Waals surface area contributed by atoms with Gasteiger partial charge in [-0.05, 0) is 25.5 Å². The monoisotopic (exact) mass is 249 g/mol. The molecule has 0 unspecified atom stereocenters. The van der Waals surface area contributed by atoms with Crippen molar-refractivity contribution in [2.24, 2.45) is 0 Å². The van der Waals surface area contributed by atoms with E-state index in [1.165, 1.54) is 25.7 Å². The highest BCUT2D eigenvalue weighted by Crippen LogP contribution is 2.39. The summed E-state index contributed by atoms with van der Waals surface area (Å²) in [5, 5.41) is 3.03. The minimum Gasteiger partial charge on any atom is -0.355 e. The molecule has 15 heavy (non-hydrogen) atoms. The summed E-state index contributed by atoms with van der Waals surface area (Å²) in [6.45, 7) is 0.829. The quantitative estimate of drug-likeness (QED) is 0.734. The topological polar surface area (TPSA) is 29.1 Å². The van der Waals surface area contributed by atoms with Crippen molar-refractivity contribution in [3.05, 3.63) is 0 Å². The molecular formula is C11H20ClNOS. The van der Waals surface area contributed by atoms with E-state index in [9.17, 15) is 4.79 Å². The Hall–Kier alpha value is 0.110. The minimum atomic E-state index is 0.149. The van der Waals surface area contributed by atoms with Crippen molar-refractivity contribution >= 4 is 29.3 Å². The molecule has 0 aromatic rings. The summed E-state index contributed by atoms with van der Waals surface area (Å²) in [6, 6.07) is 0. The molecule has 0 bridgehead atoms. The Morgan fingerprint density at radius 2 is 2.13 bits per heavy atom. The first kappa shape index (κ1) is 13.2. The smallest absolute Gasteiger partial charge is 0.220 e. The summed E-state index contributed by atoms with van der Waals surface area (Å²) < 4.78 is 0.316. The lowest BCUT2D eigenvalue weighted by Gasteiger charge is -2.26. The maximum atomic E-state index is 11.4. The molecule has 1 rings (SSSR count). The number of hydrogen-bond donors (Lipinski definition) is 1. The molecular weight excluding hydrogens is 230 g/mol. The zero-order valence-electron chi connectivity index (χ0n) is 9.35. The van der Waals surface area contributed by atoms with Gasteiger partial charge >= 0.3 is 0 Å². The highest BCUT2D eigenvalue weighted by Gasteiger charge is 2.32. The van der Waals surface area contributed by atoms with Crippen molar-refractivity contribution in [1.29, 1.82) is 0 Å². The van der Waals surface area contributed by atoms with Gasteiger partial charge in [-0.15, -0.1) is 11.6 Å². The van der Waals surface area contributed by atoms with Gasteiger partial charge in [-0.1, -0.05) is 12.8 Å². The molecule has 1 aliphatic carbocycles. The summed E-state index contributed by atoms with van der Waals surface area (Å²) in [7, 11) is 0. The van der Waals surface area contributed by atoms with Gasteiger partial charge in [0.2, 0.25) is 5.91 Å². The molecule has 1 N–H and O–H groups in total. The Bertz CT molecular complexity index is 205. The average molecular weight is 250 g/mol. The Morgan fingerprint density at radius 1 is 1.47 bits per heavy atom. The van der Waals surface area contributed by atoms with E-state index in [0.717, 1.165) is 13.0 Å². The van der Waals surface area contributed by atoms with Crippen molar-refractivity contribution in [2.75, 3.05) is 18.7 Å². The van der Waals surface area contributed by atoms with Crippen LogP contribution < -0.4 is 5.32 Å². The van der Waals surface area contributed by atoms with Gasteiger partial charge in [-0.2, -0.15) is 11.8 Å². The minimum absolute atomic E-state index is 0.149. The number of rotatable bonds is 6. The summed E-state index contributed by atoms with van der Waals surface area (Å²) in [5.74, 6) is 0.720. The second-order valence-electron chi connectivity index (χ2n) is 4.16. The van der Waals surface area contributed by atoms with Crippen LogP contribution in [0, 0.1) is 0 Å². The van der Waals surface area contributed by atoms with Crippen LogP contribution in [0.5, 0.6) is 0 Å². The molecule has 1 saturated carbocycles. The van der Waals surface area contributed by atoms with Gasteiger partial charge in [0.15, 0.2) is 0 Å². The Morgan fingerprint density at radius 3 is 2.67 bits per heavy atom. The second-order valence-corrected chi connectivity index (χ2v) is 5.82. The van der Waals surface area contributed by atoms with Crippen LogP contribution in [0.2, 0.25) is 0 Å². The van der Waals surface area contributed by atoms with Crippen molar-refractivity contribution in [2.45, 2.75) is 43.3 Å². The first-order valence-corrected chi connectivity index (χ1v) is 7.36. The van der Waals surface area contributed by atoms with E-state index in [2.05, 4.69) is 11.6 Å². The van der Waals surface area contributed by atoms with E-state index in [1.54, 1.807) is 0 Å². The van der Waals surface area contributed by atoms with Gasteiger partial charge < -0.3 is 5.32 Å². The van der Waals surface area contributed by atoms with Crippen LogP contribution in [0.1, 0.15) is 38.5 Å². The number of carbonyl (C=O) groups excluding carboxylic acids is 1. The van der Waals surface area contributed by atoms with Crippen molar-refractivity contribution in [1.82, 2.24) is 5.32 Å². The Balaban J connectivity index is 2.25. The lowest BCUT2D eigenvalue weighted by atomic mass is 10.1. The fourth-order valence-corrected chi connectivity index (χ4v) is 3.09. The van der Waals surface area contributed by atoms with E-state index in [-0.39, 0.29) is 5.91 Å². The zero-order valence-corrected chi connectivity index (χ0v) is 10.9. The molecule has 0 spiro atoms. The zero-order chi connectivity index (χ0) is 11.1. The molecule has 1 fully saturated rings. The highest BCUT2D eigenvalue weighted by atomic mass is 35.5. The molecule has 0 aromatic heterocycles. The van der Waals surface area contributed by atoms with Gasteiger partial charge in [-0.3, -0.25) is 4.79 Å². The van der Waals surface area contributed by atoms with Gasteiger partial charge in [0, 0.05) is 23.6 Å². The summed E-state index contributed by atoms with van der Waals surface area (Å²) >= 11 is 7.45. The first-order valence-electron chi connectivity index (χ1n) is 5.60. The highest BCUT2D eigenvalue weighted by molar-refractivity contribution is 8.00. The molecule has 4 heteroatoms. The lowest BCUT2D eigenvalue weighted by Crippen LogP contribution is -2.38. The maximum absolute atomic E-state index is 11.4. The third-order valence-corrected chi connectivity index (χ3v) is 4.78. The molecule has 0 heterocycles. The third kappa shape index (κ3) is 4.23. The third-order valence-electron chi connectivity index (χ3n) is 3.09. The fraction of sp³-hybridized carbons (Fsp3) is 0.909. The predicted molar refractivity (Wildman–Crippen MR) is 67.7 cm³/mol. The molecule has 1 amide bonds. The number of carbonyl (C=O) groups is 1. The molecule has 1 aliphatic rings. The predicted octanol–water partition coefficient (Wildman–Crippen LogP) is 2.80. The van der Waals surface area contributed by atoms with E-state index < -0.39 is 0 Å². The van der Waals surface area contributed by atoms with E-state index in [0.29, 0.717) is 17.0 Å². The number of thioether (sulfide) groups is 1. The Kier molecular flexibility index (Phi) is 5.83. The largest absolute Gasteiger partial charge is 0.355 e. The number of nitrogens with one attached hydrogen (secondary N) is 1. The van der Waals surface area contributed by atoms with Crippen LogP contribution in [0.25, 0.3) is 0 Å². The second kappa shape index (κ2) is 6.64. The standard InChI is InChI=1S/C11H20ClNOS/c1-15-11(6-2-3-7-11)9-13-10(14)5-4-8-12/h2-9H2,1H3,(H,13,14). The van der Waals surface area contributed by atoms with Crippen LogP contribution in [0.3, 0.4) is 0 Å². The van der Waals surface area contributed by atoms with Gasteiger partial charge in [0.25, 0.3) is 0 Å². The first-order chi connectivity index (χ1) is 7.22. The molecule has 0 atom stereocenters. The van der Waals surface area contributed by atoms with Crippen molar-refractivity contribution in [3.8, 4) is 0 Å². The van der Waals surface area contributed by atoms with Gasteiger partial charge in [0.05, 0.1) is 0 Å². The lowest BCUT2D eigenvalue weighted by molar-refractivity contribution is -0.121. The number of alkyl halides is 1. The van der Waals surface area contributed by atoms with Crippen LogP contribution in [-0.2, 0) is 4.79 Å². The Labute approximate surface area is 102 Å². The number of halogens is 1. The maximum Gasteiger partial charge on any atom is 0.220 e. The van der Waals surface area contributed by atoms with Crippen molar-refractivity contribution in [3.63, 3.8) is 0 Å². The molecule has 0 radical (unpaired) electrons. The van der Waals surface area contributed by atoms with Crippen molar-refractivity contribution < 1.29 is 4.79 Å². The van der Waals surface area contributed by atoms with Gasteiger partial charge in [-0.25, -0.2) is 0 Å². The van der Waals surface area contributed by atoms with Crippen LogP contribution in [0.15, 0.2) is 0 Å². The van der Waals surface area contributed by atoms with Crippen LogP contribution >= 0.6 is 23.4 Å². The SMILES string of the molecule is CSC1(CNC(=O)CCCCl)CCCC1. The molecule has 88 valence electrons. The number of hydrogen-bond acceptors (Lipinski definition) is 2. The normalized spacial score (nSPS) is 19.1. The van der Waals surface area contributed by atoms with E-state index in [1.807, 2.05) is 11.8 Å². The van der Waals surface area contributed by atoms with E-state index in [4.69, 9.17) is 11.6 Å². The van der Waals surface area contributed by atoms with Gasteiger partial charge in [0.1, 0.15) is 0 Å². The summed E-state index contributed by atoms with van der Waals surface area (Å²) in [5.41, 5.74) is 0. The fourth-order valence-electron chi connectivity index (χ4n) is 2.05. The van der Waals surface area contributed by atoms with Crippen LogP contribution in [-0.4, -0.2) is 29.3 Å². The molecule has 0 aliphatic heterocycles.